The molecular formula is C10H9F3N2O4. The highest BCUT2D eigenvalue weighted by atomic mass is 19.4. The van der Waals surface area contributed by atoms with Crippen LogP contribution in [-0.4, -0.2) is 34.9 Å². The number of phenols is 1. The summed E-state index contributed by atoms with van der Waals surface area (Å²) in [6.45, 7) is 0. The van der Waals surface area contributed by atoms with Crippen molar-refractivity contribution in [2.24, 2.45) is 0 Å². The fourth-order valence-corrected chi connectivity index (χ4v) is 1.41. The summed E-state index contributed by atoms with van der Waals surface area (Å²) in [5, 5.41) is 20.1. The second-order valence-corrected chi connectivity index (χ2v) is 3.81. The SMILES string of the molecule is CN(C)C(=O)c1ccc(C(F)(F)F)c(O)c1[N+](=O)[O-]. The number of benzene rings is 1. The maximum absolute atomic E-state index is 12.5. The normalized spacial score (nSPS) is 11.2. The summed E-state index contributed by atoms with van der Waals surface area (Å²) in [5.74, 6) is -2.44. The second kappa shape index (κ2) is 4.75. The number of nitro benzene ring substituents is 1. The molecule has 0 aliphatic carbocycles. The molecule has 0 atom stereocenters. The van der Waals surface area contributed by atoms with Gasteiger partial charge in [0.2, 0.25) is 5.75 Å². The molecule has 9 heteroatoms. The van der Waals surface area contributed by atoms with E-state index in [1.165, 1.54) is 14.1 Å². The van der Waals surface area contributed by atoms with Crippen LogP contribution in [0.15, 0.2) is 12.1 Å². The van der Waals surface area contributed by atoms with Gasteiger partial charge in [-0.15, -0.1) is 0 Å². The number of aromatic hydroxyl groups is 1. The van der Waals surface area contributed by atoms with Crippen molar-refractivity contribution in [2.45, 2.75) is 6.18 Å². The first kappa shape index (κ1) is 14.7. The third-order valence-electron chi connectivity index (χ3n) is 2.28. The van der Waals surface area contributed by atoms with Gasteiger partial charge in [0.25, 0.3) is 5.91 Å². The monoisotopic (exact) mass is 278 g/mol. The molecule has 104 valence electrons. The van der Waals surface area contributed by atoms with Gasteiger partial charge in [-0.3, -0.25) is 14.9 Å². The number of alkyl halides is 3. The first-order valence-electron chi connectivity index (χ1n) is 4.86. The van der Waals surface area contributed by atoms with E-state index < -0.39 is 39.6 Å². The van der Waals surface area contributed by atoms with Crippen LogP contribution in [0.2, 0.25) is 0 Å². The average Bonchev–Trinajstić information content (AvgIpc) is 2.24. The molecule has 1 N–H and O–H groups in total. The molecular weight excluding hydrogens is 269 g/mol. The molecule has 6 nitrogen and oxygen atoms in total. The minimum absolute atomic E-state index is 0.430. The smallest absolute Gasteiger partial charge is 0.420 e. The van der Waals surface area contributed by atoms with Crippen LogP contribution in [0, 0.1) is 10.1 Å². The Bertz CT molecular complexity index is 540. The van der Waals surface area contributed by atoms with Crippen LogP contribution in [-0.2, 0) is 6.18 Å². The predicted molar refractivity (Wildman–Crippen MR) is 57.8 cm³/mol. The predicted octanol–water partition coefficient (Wildman–Crippen LogP) is 2.02. The highest BCUT2D eigenvalue weighted by molar-refractivity contribution is 5.99. The van der Waals surface area contributed by atoms with E-state index in [4.69, 9.17) is 0 Å². The Morgan fingerprint density at radius 1 is 1.37 bits per heavy atom. The zero-order valence-electron chi connectivity index (χ0n) is 9.85. The minimum atomic E-state index is -4.95. The van der Waals surface area contributed by atoms with E-state index >= 15 is 0 Å². The van der Waals surface area contributed by atoms with Gasteiger partial charge < -0.3 is 10.0 Å². The average molecular weight is 278 g/mol. The lowest BCUT2D eigenvalue weighted by atomic mass is 10.1. The van der Waals surface area contributed by atoms with Gasteiger partial charge in [-0.05, 0) is 12.1 Å². The number of hydrogen-bond donors (Lipinski definition) is 1. The summed E-state index contributed by atoms with van der Waals surface area (Å²) in [6, 6.07) is 1.10. The molecule has 0 aliphatic rings. The third-order valence-corrected chi connectivity index (χ3v) is 2.28. The van der Waals surface area contributed by atoms with Crippen LogP contribution < -0.4 is 0 Å². The summed E-state index contributed by atoms with van der Waals surface area (Å²) < 4.78 is 37.5. The van der Waals surface area contributed by atoms with E-state index in [-0.39, 0.29) is 0 Å². The lowest BCUT2D eigenvalue weighted by Crippen LogP contribution is -2.23. The van der Waals surface area contributed by atoms with Crippen molar-refractivity contribution in [1.82, 2.24) is 4.90 Å². The van der Waals surface area contributed by atoms with E-state index in [1.807, 2.05) is 0 Å². The minimum Gasteiger partial charge on any atom is -0.502 e. The Hall–Kier alpha value is -2.32. The Balaban J connectivity index is 3.59. The van der Waals surface area contributed by atoms with Gasteiger partial charge in [0.05, 0.1) is 4.92 Å². The Kier molecular flexibility index (Phi) is 3.68. The molecule has 0 spiro atoms. The molecule has 0 saturated heterocycles. The number of phenolic OH excluding ortho intramolecular Hbond substituents is 1. The lowest BCUT2D eigenvalue weighted by Gasteiger charge is -2.13. The van der Waals surface area contributed by atoms with Crippen molar-refractivity contribution in [3.8, 4) is 5.75 Å². The van der Waals surface area contributed by atoms with Gasteiger partial charge in [-0.2, -0.15) is 13.2 Å². The largest absolute Gasteiger partial charge is 0.502 e. The lowest BCUT2D eigenvalue weighted by molar-refractivity contribution is -0.386. The zero-order chi connectivity index (χ0) is 15.0. The van der Waals surface area contributed by atoms with Crippen LogP contribution in [0.3, 0.4) is 0 Å². The van der Waals surface area contributed by atoms with Gasteiger partial charge in [0.1, 0.15) is 11.1 Å². The topological polar surface area (TPSA) is 83.7 Å². The Morgan fingerprint density at radius 2 is 1.89 bits per heavy atom. The van der Waals surface area contributed by atoms with Crippen molar-refractivity contribution >= 4 is 11.6 Å². The van der Waals surface area contributed by atoms with Crippen molar-refractivity contribution in [2.75, 3.05) is 14.1 Å². The van der Waals surface area contributed by atoms with Gasteiger partial charge >= 0.3 is 11.9 Å². The van der Waals surface area contributed by atoms with E-state index in [0.717, 1.165) is 4.90 Å². The summed E-state index contributed by atoms with van der Waals surface area (Å²) in [4.78, 5) is 22.1. The van der Waals surface area contributed by atoms with Crippen LogP contribution in [0.25, 0.3) is 0 Å². The highest BCUT2D eigenvalue weighted by Crippen LogP contribution is 2.42. The van der Waals surface area contributed by atoms with Crippen LogP contribution in [0.5, 0.6) is 5.75 Å². The van der Waals surface area contributed by atoms with Gasteiger partial charge in [-0.25, -0.2) is 0 Å². The fourth-order valence-electron chi connectivity index (χ4n) is 1.41. The van der Waals surface area contributed by atoms with Crippen molar-refractivity contribution < 1.29 is 28.0 Å². The standard InChI is InChI=1S/C10H9F3N2O4/c1-14(2)9(17)5-3-4-6(10(11,12)13)8(16)7(5)15(18)19/h3-4,16H,1-2H3. The fraction of sp³-hybridized carbons (Fsp3) is 0.300. The number of amides is 1. The molecule has 1 rings (SSSR count). The molecule has 1 aromatic rings. The van der Waals surface area contributed by atoms with Gasteiger partial charge in [-0.1, -0.05) is 0 Å². The molecule has 0 saturated carbocycles. The zero-order valence-corrected chi connectivity index (χ0v) is 9.85. The molecule has 0 aromatic heterocycles. The van der Waals surface area contributed by atoms with Crippen molar-refractivity contribution in [1.29, 1.82) is 0 Å². The number of hydrogen-bond acceptors (Lipinski definition) is 4. The molecule has 19 heavy (non-hydrogen) atoms. The molecule has 0 fully saturated rings. The second-order valence-electron chi connectivity index (χ2n) is 3.81. The summed E-state index contributed by atoms with van der Waals surface area (Å²) >= 11 is 0. The number of carbonyl (C=O) groups excluding carboxylic acids is 1. The van der Waals surface area contributed by atoms with E-state index in [1.54, 1.807) is 0 Å². The van der Waals surface area contributed by atoms with Crippen LogP contribution >= 0.6 is 0 Å². The van der Waals surface area contributed by atoms with Crippen molar-refractivity contribution in [3.05, 3.63) is 33.4 Å². The number of rotatable bonds is 2. The van der Waals surface area contributed by atoms with E-state index in [0.29, 0.717) is 12.1 Å². The summed E-state index contributed by atoms with van der Waals surface area (Å²) in [7, 11) is 2.56. The number of halogens is 3. The number of nitro groups is 1. The first-order valence-corrected chi connectivity index (χ1v) is 4.86. The summed E-state index contributed by atoms with van der Waals surface area (Å²) in [6.07, 6.45) is -4.95. The first-order chi connectivity index (χ1) is 8.57. The van der Waals surface area contributed by atoms with E-state index in [2.05, 4.69) is 0 Å². The molecule has 1 amide bonds. The Morgan fingerprint density at radius 3 is 2.26 bits per heavy atom. The maximum atomic E-state index is 12.5. The summed E-state index contributed by atoms with van der Waals surface area (Å²) in [5.41, 5.74) is -3.43. The third kappa shape index (κ3) is 2.75. The molecule has 1 aromatic carbocycles. The molecule has 0 radical (unpaired) electrons. The van der Waals surface area contributed by atoms with E-state index in [9.17, 15) is 33.2 Å². The molecule has 0 bridgehead atoms. The molecule has 0 aliphatic heterocycles. The van der Waals surface area contributed by atoms with Crippen LogP contribution in [0.4, 0.5) is 18.9 Å². The molecule has 0 unspecified atom stereocenters. The maximum Gasteiger partial charge on any atom is 0.420 e. The van der Waals surface area contributed by atoms with Crippen LogP contribution in [0.1, 0.15) is 15.9 Å². The number of nitrogens with zero attached hydrogens (tertiary/aromatic N) is 2. The van der Waals surface area contributed by atoms with Crippen molar-refractivity contribution in [3.63, 3.8) is 0 Å². The van der Waals surface area contributed by atoms with Gasteiger partial charge in [0, 0.05) is 14.1 Å². The van der Waals surface area contributed by atoms with Gasteiger partial charge in [0.15, 0.2) is 0 Å². The molecule has 0 heterocycles. The highest BCUT2D eigenvalue weighted by Gasteiger charge is 2.39. The quantitative estimate of drug-likeness (QED) is 0.662. The Labute approximate surface area is 105 Å². The number of carbonyl (C=O) groups is 1.